The molecule has 2 atom stereocenters. The number of benzene rings is 1. The van der Waals surface area contributed by atoms with Gasteiger partial charge in [0.2, 0.25) is 5.91 Å². The molecule has 28 heavy (non-hydrogen) atoms. The lowest BCUT2D eigenvalue weighted by molar-refractivity contribution is -0.124. The minimum atomic E-state index is -0.216. The van der Waals surface area contributed by atoms with E-state index in [9.17, 15) is 9.59 Å². The van der Waals surface area contributed by atoms with Crippen molar-refractivity contribution in [2.45, 2.75) is 44.8 Å². The van der Waals surface area contributed by atoms with Gasteiger partial charge in [0.1, 0.15) is 0 Å². The minimum absolute atomic E-state index is 0.0587. The maximum absolute atomic E-state index is 12.5. The van der Waals surface area contributed by atoms with Crippen LogP contribution in [0.5, 0.6) is 0 Å². The Balaban J connectivity index is 1.51. The zero-order chi connectivity index (χ0) is 20.5. The number of amides is 2. The fraction of sp³-hybridized carbons (Fsp3) is 0.600. The fourth-order valence-corrected chi connectivity index (χ4v) is 4.22. The first kappa shape index (κ1) is 21.4. The second kappa shape index (κ2) is 8.57. The van der Waals surface area contributed by atoms with Gasteiger partial charge in [0.25, 0.3) is 5.91 Å². The predicted octanol–water partition coefficient (Wildman–Crippen LogP) is 2.40. The topological polar surface area (TPSA) is 64.7 Å². The number of halogens is 2. The summed E-state index contributed by atoms with van der Waals surface area (Å²) in [6.07, 6.45) is 0.879. The summed E-state index contributed by atoms with van der Waals surface area (Å²) in [6.45, 7) is 9.83. The number of hydrogen-bond donors (Lipinski definition) is 2. The second-order valence-corrected chi connectivity index (χ2v) is 9.53. The second-order valence-electron chi connectivity index (χ2n) is 8.72. The van der Waals surface area contributed by atoms with Gasteiger partial charge in [0, 0.05) is 49.4 Å². The van der Waals surface area contributed by atoms with Crippen molar-refractivity contribution in [1.82, 2.24) is 20.4 Å². The molecule has 2 unspecified atom stereocenters. The molecule has 0 spiro atoms. The van der Waals surface area contributed by atoms with Gasteiger partial charge in [-0.2, -0.15) is 0 Å². The lowest BCUT2D eigenvalue weighted by Crippen LogP contribution is -2.54. The summed E-state index contributed by atoms with van der Waals surface area (Å²) >= 11 is 11.9. The van der Waals surface area contributed by atoms with Crippen LogP contribution < -0.4 is 10.6 Å². The number of nitrogens with zero attached hydrogens (tertiary/aromatic N) is 2. The molecular formula is C20H28Cl2N4O2. The van der Waals surface area contributed by atoms with Gasteiger partial charge in [-0.05, 0) is 45.4 Å². The van der Waals surface area contributed by atoms with Crippen molar-refractivity contribution in [3.05, 3.63) is 33.8 Å². The van der Waals surface area contributed by atoms with Crippen LogP contribution in [0.2, 0.25) is 10.0 Å². The molecule has 1 aromatic carbocycles. The number of carbonyl (C=O) groups is 2. The summed E-state index contributed by atoms with van der Waals surface area (Å²) in [7, 11) is 0. The average molecular weight is 427 g/mol. The Bertz CT molecular complexity index is 750. The molecule has 0 aromatic heterocycles. The van der Waals surface area contributed by atoms with Crippen LogP contribution in [0.3, 0.4) is 0 Å². The van der Waals surface area contributed by atoms with Gasteiger partial charge in [-0.15, -0.1) is 0 Å². The molecule has 0 bridgehead atoms. The van der Waals surface area contributed by atoms with Crippen molar-refractivity contribution in [1.29, 1.82) is 0 Å². The van der Waals surface area contributed by atoms with Gasteiger partial charge >= 0.3 is 0 Å². The van der Waals surface area contributed by atoms with Gasteiger partial charge in [0.05, 0.1) is 16.6 Å². The molecule has 2 fully saturated rings. The quantitative estimate of drug-likeness (QED) is 0.775. The molecule has 8 heteroatoms. The van der Waals surface area contributed by atoms with Gasteiger partial charge in [-0.25, -0.2) is 0 Å². The summed E-state index contributed by atoms with van der Waals surface area (Å²) < 4.78 is 0. The van der Waals surface area contributed by atoms with E-state index in [1.807, 2.05) is 20.8 Å². The number of piperazine rings is 1. The molecule has 0 aliphatic carbocycles. The average Bonchev–Trinajstić information content (AvgIpc) is 2.96. The number of nitrogens with one attached hydrogen (secondary N) is 2. The third kappa shape index (κ3) is 5.60. The van der Waals surface area contributed by atoms with Crippen molar-refractivity contribution in [2.24, 2.45) is 0 Å². The highest BCUT2D eigenvalue weighted by Gasteiger charge is 2.37. The summed E-state index contributed by atoms with van der Waals surface area (Å²) in [5.74, 6) is -0.0757. The van der Waals surface area contributed by atoms with Gasteiger partial charge in [-0.1, -0.05) is 23.2 Å². The van der Waals surface area contributed by atoms with E-state index in [1.165, 1.54) is 0 Å². The van der Waals surface area contributed by atoms with Crippen molar-refractivity contribution in [3.8, 4) is 0 Å². The van der Waals surface area contributed by atoms with Crippen molar-refractivity contribution >= 4 is 35.0 Å². The Labute approximate surface area is 176 Å². The van der Waals surface area contributed by atoms with Crippen molar-refractivity contribution < 1.29 is 9.59 Å². The lowest BCUT2D eigenvalue weighted by Gasteiger charge is -2.37. The Morgan fingerprint density at radius 2 is 1.89 bits per heavy atom. The van der Waals surface area contributed by atoms with Crippen molar-refractivity contribution in [3.63, 3.8) is 0 Å². The van der Waals surface area contributed by atoms with Gasteiger partial charge in [0.15, 0.2) is 0 Å². The number of fused-ring (bicyclic) bond motifs is 1. The lowest BCUT2D eigenvalue weighted by atomic mass is 10.1. The monoisotopic (exact) mass is 426 g/mol. The molecule has 2 N–H and O–H groups in total. The zero-order valence-electron chi connectivity index (χ0n) is 16.6. The highest BCUT2D eigenvalue weighted by molar-refractivity contribution is 6.42. The first-order chi connectivity index (χ1) is 13.1. The van der Waals surface area contributed by atoms with Crippen LogP contribution in [-0.4, -0.2) is 72.0 Å². The van der Waals surface area contributed by atoms with E-state index in [0.29, 0.717) is 28.2 Å². The summed E-state index contributed by atoms with van der Waals surface area (Å²) in [5.41, 5.74) is 0.298. The van der Waals surface area contributed by atoms with Crippen LogP contribution in [-0.2, 0) is 4.79 Å². The molecule has 2 heterocycles. The van der Waals surface area contributed by atoms with Gasteiger partial charge < -0.3 is 10.6 Å². The molecule has 2 aliphatic heterocycles. The van der Waals surface area contributed by atoms with Crippen LogP contribution in [0, 0.1) is 0 Å². The number of rotatable bonds is 4. The number of carbonyl (C=O) groups excluding carboxylic acids is 2. The van der Waals surface area contributed by atoms with E-state index in [4.69, 9.17) is 23.2 Å². The van der Waals surface area contributed by atoms with Crippen LogP contribution in [0.15, 0.2) is 18.2 Å². The van der Waals surface area contributed by atoms with E-state index in [2.05, 4.69) is 20.4 Å². The standard InChI is InChI=1S/C20H28Cl2N4O2/c1-20(2,3)24-18(27)12-25-6-7-26-10-14(9-15(26)11-25)23-19(28)13-4-5-16(21)17(22)8-13/h4-5,8,14-15H,6-7,9-12H2,1-3H3,(H,23,28)(H,24,27). The first-order valence-electron chi connectivity index (χ1n) is 9.64. The Kier molecular flexibility index (Phi) is 6.54. The number of hydrogen-bond acceptors (Lipinski definition) is 4. The maximum Gasteiger partial charge on any atom is 0.251 e. The first-order valence-corrected chi connectivity index (χ1v) is 10.4. The molecule has 0 saturated carbocycles. The molecular weight excluding hydrogens is 399 g/mol. The maximum atomic E-state index is 12.5. The highest BCUT2D eigenvalue weighted by Crippen LogP contribution is 2.24. The molecule has 2 saturated heterocycles. The minimum Gasteiger partial charge on any atom is -0.350 e. The molecule has 154 valence electrons. The molecule has 0 radical (unpaired) electrons. The summed E-state index contributed by atoms with van der Waals surface area (Å²) in [6, 6.07) is 5.36. The fourth-order valence-electron chi connectivity index (χ4n) is 3.92. The Hall–Kier alpha value is -1.34. The van der Waals surface area contributed by atoms with Crippen molar-refractivity contribution in [2.75, 3.05) is 32.7 Å². The third-order valence-electron chi connectivity index (χ3n) is 5.10. The largest absolute Gasteiger partial charge is 0.350 e. The normalized spacial score (nSPS) is 23.3. The Morgan fingerprint density at radius 3 is 2.57 bits per heavy atom. The summed E-state index contributed by atoms with van der Waals surface area (Å²) in [5, 5.41) is 6.94. The van der Waals surface area contributed by atoms with E-state index in [1.54, 1.807) is 18.2 Å². The SMILES string of the molecule is CC(C)(C)NC(=O)CN1CCN2CC(NC(=O)c3ccc(Cl)c(Cl)c3)CC2C1. The van der Waals surface area contributed by atoms with Crippen LogP contribution in [0.4, 0.5) is 0 Å². The van der Waals surface area contributed by atoms with E-state index >= 15 is 0 Å². The predicted molar refractivity (Wildman–Crippen MR) is 112 cm³/mol. The molecule has 6 nitrogen and oxygen atoms in total. The van der Waals surface area contributed by atoms with Gasteiger partial charge in [-0.3, -0.25) is 19.4 Å². The summed E-state index contributed by atoms with van der Waals surface area (Å²) in [4.78, 5) is 29.3. The van der Waals surface area contributed by atoms with E-state index < -0.39 is 0 Å². The van der Waals surface area contributed by atoms with Crippen LogP contribution >= 0.6 is 23.2 Å². The zero-order valence-corrected chi connectivity index (χ0v) is 18.1. The molecule has 1 aromatic rings. The van der Waals surface area contributed by atoms with Crippen LogP contribution in [0.1, 0.15) is 37.6 Å². The molecule has 2 amide bonds. The Morgan fingerprint density at radius 1 is 1.14 bits per heavy atom. The molecule has 2 aliphatic rings. The molecule has 3 rings (SSSR count). The van der Waals surface area contributed by atoms with E-state index in [0.717, 1.165) is 32.6 Å². The smallest absolute Gasteiger partial charge is 0.251 e. The highest BCUT2D eigenvalue weighted by atomic mass is 35.5. The van der Waals surface area contributed by atoms with E-state index in [-0.39, 0.29) is 23.4 Å². The third-order valence-corrected chi connectivity index (χ3v) is 5.84. The van der Waals surface area contributed by atoms with Crippen LogP contribution in [0.25, 0.3) is 0 Å².